The largest absolute Gasteiger partial charge is 0.293 e. The highest BCUT2D eigenvalue weighted by atomic mass is 35.5. The molecular weight excluding hydrogens is 1150 g/mol. The van der Waals surface area contributed by atoms with Crippen LogP contribution in [0.2, 0.25) is 5.15 Å². The quantitative estimate of drug-likeness (QED) is 0.131. The highest BCUT2D eigenvalue weighted by Crippen LogP contribution is 2.53. The van der Waals surface area contributed by atoms with E-state index in [2.05, 4.69) is 305 Å². The number of nitrogens with zero attached hydrogens (tertiary/aromatic N) is 5. The highest BCUT2D eigenvalue weighted by molar-refractivity contribution is 6.33. The number of para-hydroxylation sites is 1. The van der Waals surface area contributed by atoms with E-state index in [1.54, 1.807) is 0 Å². The van der Waals surface area contributed by atoms with E-state index in [-0.39, 0.29) is 10.8 Å². The Bertz CT molecular complexity index is 6010. The Labute approximate surface area is 543 Å². The van der Waals surface area contributed by atoms with Gasteiger partial charge in [0.1, 0.15) is 11.0 Å². The fraction of sp³-hybridized carbons (Fsp3) is 0.0805. The lowest BCUT2D eigenvalue weighted by Crippen LogP contribution is -2.18. The minimum absolute atomic E-state index is 0.222. The summed E-state index contributed by atoms with van der Waals surface area (Å²) in [6, 6.07) is 99.8. The van der Waals surface area contributed by atoms with Crippen LogP contribution in [0.1, 0.15) is 61.3 Å². The van der Waals surface area contributed by atoms with Crippen molar-refractivity contribution in [1.29, 1.82) is 0 Å². The van der Waals surface area contributed by atoms with Crippen molar-refractivity contribution in [3.05, 3.63) is 318 Å². The highest BCUT2D eigenvalue weighted by Gasteiger charge is 2.42. The van der Waals surface area contributed by atoms with Gasteiger partial charge in [0.15, 0.2) is 11.6 Å². The van der Waals surface area contributed by atoms with Gasteiger partial charge in [-0.2, -0.15) is 0 Å². The van der Waals surface area contributed by atoms with E-state index in [4.69, 9.17) is 31.5 Å². The number of aromatic nitrogens is 5. The molecule has 0 bridgehead atoms. The van der Waals surface area contributed by atoms with Gasteiger partial charge in [-0.3, -0.25) is 4.57 Å². The second-order valence-electron chi connectivity index (χ2n) is 26.1. The second-order valence-corrected chi connectivity index (χ2v) is 26.5. The molecule has 5 nitrogen and oxygen atoms in total. The van der Waals surface area contributed by atoms with Gasteiger partial charge in [-0.15, -0.1) is 0 Å². The van der Waals surface area contributed by atoms with Crippen molar-refractivity contribution in [3.63, 3.8) is 0 Å². The molecule has 93 heavy (non-hydrogen) atoms. The normalized spacial score (nSPS) is 13.6. The molecule has 0 amide bonds. The lowest BCUT2D eigenvalue weighted by molar-refractivity contribution is 0.635. The molecule has 0 saturated carbocycles. The fourth-order valence-electron chi connectivity index (χ4n) is 15.6. The number of hydrogen-bond donors (Lipinski definition) is 0. The second kappa shape index (κ2) is 21.0. The summed E-state index contributed by atoms with van der Waals surface area (Å²) in [6.07, 6.45) is 1.08. The van der Waals surface area contributed by atoms with Crippen molar-refractivity contribution in [1.82, 2.24) is 24.5 Å². The van der Waals surface area contributed by atoms with Gasteiger partial charge in [0.25, 0.3) is 0 Å². The van der Waals surface area contributed by atoms with Crippen molar-refractivity contribution in [2.75, 3.05) is 0 Å². The van der Waals surface area contributed by atoms with Crippen LogP contribution < -0.4 is 0 Å². The van der Waals surface area contributed by atoms with Crippen molar-refractivity contribution in [3.8, 4) is 62.0 Å². The molecular formula is C87H60ClN5. The summed E-state index contributed by atoms with van der Waals surface area (Å²) >= 11 is 6.80. The van der Waals surface area contributed by atoms with Crippen LogP contribution in [-0.2, 0) is 17.3 Å². The Morgan fingerprint density at radius 2 is 0.720 bits per heavy atom. The van der Waals surface area contributed by atoms with Gasteiger partial charge < -0.3 is 0 Å². The van der Waals surface area contributed by atoms with Crippen molar-refractivity contribution in [2.45, 2.75) is 44.9 Å². The lowest BCUT2D eigenvalue weighted by atomic mass is 9.85. The third-order valence-corrected chi connectivity index (χ3v) is 20.4. The molecule has 6 heteroatoms. The Morgan fingerprint density at radius 3 is 1.32 bits per heavy atom. The molecule has 0 radical (unpaired) electrons. The Balaban J connectivity index is 0.000000115. The molecule has 3 heterocycles. The van der Waals surface area contributed by atoms with Gasteiger partial charge in [-0.05, 0) is 152 Å². The molecule has 0 atom stereocenters. The zero-order chi connectivity index (χ0) is 62.3. The van der Waals surface area contributed by atoms with Gasteiger partial charge in [0, 0.05) is 43.9 Å². The molecule has 0 spiro atoms. The molecule has 14 aromatic carbocycles. The average molecular weight is 1210 g/mol. The van der Waals surface area contributed by atoms with E-state index in [9.17, 15) is 0 Å². The zero-order valence-corrected chi connectivity index (χ0v) is 52.6. The molecule has 3 aromatic heterocycles. The average Bonchev–Trinajstić information content (AvgIpc) is 1.57. The maximum absolute atomic E-state index is 6.80. The van der Waals surface area contributed by atoms with Crippen molar-refractivity contribution >= 4 is 98.0 Å². The molecule has 20 rings (SSSR count). The Kier molecular flexibility index (Phi) is 12.4. The monoisotopic (exact) mass is 1210 g/mol. The molecule has 3 aliphatic carbocycles. The van der Waals surface area contributed by atoms with Crippen molar-refractivity contribution < 1.29 is 0 Å². The van der Waals surface area contributed by atoms with Gasteiger partial charge >= 0.3 is 0 Å². The third kappa shape index (κ3) is 8.53. The molecule has 3 aliphatic rings. The maximum atomic E-state index is 6.80. The number of rotatable bonds is 3. The predicted molar refractivity (Wildman–Crippen MR) is 389 cm³/mol. The molecule has 0 saturated heterocycles. The SMILES string of the molecule is CC1(C)c2ccccc2-c2c(-n3c4ccccc4c4cc5ccccc5cc43)nc(-c3cc4ccccc4c4ccccc34)nc21.CC1(C)c2ccccc2-c2c(Cl)nc(-c3cc4ccccc4c4ccccc34)nc21.c1ccc2c(c1)Cc1cc3ccccc3cc1-2. The van der Waals surface area contributed by atoms with E-state index in [1.165, 1.54) is 104 Å². The maximum Gasteiger partial charge on any atom is 0.162 e. The zero-order valence-electron chi connectivity index (χ0n) is 51.9. The molecule has 0 aliphatic heterocycles. The first kappa shape index (κ1) is 54.8. The van der Waals surface area contributed by atoms with Crippen LogP contribution in [0.5, 0.6) is 0 Å². The van der Waals surface area contributed by atoms with Gasteiger partial charge in [0.05, 0.1) is 22.4 Å². The number of benzene rings is 14. The van der Waals surface area contributed by atoms with Gasteiger partial charge in [0.2, 0.25) is 0 Å². The first-order valence-corrected chi connectivity index (χ1v) is 32.5. The lowest BCUT2D eigenvalue weighted by Gasteiger charge is -2.22. The van der Waals surface area contributed by atoms with Crippen LogP contribution in [-0.4, -0.2) is 24.5 Å². The summed E-state index contributed by atoms with van der Waals surface area (Å²) in [5.41, 5.74) is 18.6. The predicted octanol–water partition coefficient (Wildman–Crippen LogP) is 22.8. The van der Waals surface area contributed by atoms with Crippen LogP contribution in [0, 0.1) is 0 Å². The van der Waals surface area contributed by atoms with Crippen LogP contribution >= 0.6 is 11.6 Å². The van der Waals surface area contributed by atoms with Gasteiger partial charge in [-0.1, -0.05) is 282 Å². The topological polar surface area (TPSA) is 56.5 Å². The summed E-state index contributed by atoms with van der Waals surface area (Å²) in [6.45, 7) is 9.03. The summed E-state index contributed by atoms with van der Waals surface area (Å²) in [5.74, 6) is 2.36. The molecule has 0 fully saturated rings. The number of fused-ring (bicyclic) bond motifs is 20. The summed E-state index contributed by atoms with van der Waals surface area (Å²) < 4.78 is 2.39. The number of hydrogen-bond acceptors (Lipinski definition) is 4. The molecule has 0 N–H and O–H groups in total. The molecule has 0 unspecified atom stereocenters. The van der Waals surface area contributed by atoms with E-state index in [0.29, 0.717) is 11.0 Å². The third-order valence-electron chi connectivity index (χ3n) is 20.1. The molecule has 440 valence electrons. The fourth-order valence-corrected chi connectivity index (χ4v) is 15.9. The van der Waals surface area contributed by atoms with Crippen LogP contribution in [0.4, 0.5) is 0 Å². The number of halogens is 1. The smallest absolute Gasteiger partial charge is 0.162 e. The summed E-state index contributed by atoms with van der Waals surface area (Å²) in [7, 11) is 0. The van der Waals surface area contributed by atoms with Crippen LogP contribution in [0.3, 0.4) is 0 Å². The van der Waals surface area contributed by atoms with Crippen molar-refractivity contribution in [2.24, 2.45) is 0 Å². The summed E-state index contributed by atoms with van der Waals surface area (Å²) in [5, 5.41) is 17.7. The van der Waals surface area contributed by atoms with Gasteiger partial charge in [-0.25, -0.2) is 19.9 Å². The standard InChI is InChI=1S/C43H29N3.C27H19ClN2.C17H12/c1-43(2)36-21-11-9-20-33(36)39-40(43)44-41(35-24-28-15-5-6-16-29(28)30-17-7-8-18-31(30)35)45-42(39)46-37-22-12-10-19-32(37)34-23-26-13-3-4-14-27(26)25-38(34)46;1-27(2)22-14-8-7-13-20(22)23-24(27)29-26(30-25(23)28)21-15-16-9-3-4-10-17(16)18-11-5-6-12-19(18)21;1-2-6-13-11-17-15(9-12(13)5-1)10-14-7-3-4-8-16(14)17/h3-25H,1-2H3;3-15H,1-2H3;1-9,11H,10H2. The van der Waals surface area contributed by atoms with E-state index in [0.717, 1.165) is 79.1 Å². The minimum atomic E-state index is -0.295. The van der Waals surface area contributed by atoms with E-state index >= 15 is 0 Å². The van der Waals surface area contributed by atoms with Crippen LogP contribution in [0.25, 0.3) is 148 Å². The summed E-state index contributed by atoms with van der Waals surface area (Å²) in [4.78, 5) is 21.0. The van der Waals surface area contributed by atoms with E-state index < -0.39 is 0 Å². The first-order chi connectivity index (χ1) is 45.5. The van der Waals surface area contributed by atoms with Crippen LogP contribution in [0.15, 0.2) is 279 Å². The Hall–Kier alpha value is -11.1. The first-order valence-electron chi connectivity index (χ1n) is 32.1. The Morgan fingerprint density at radius 1 is 0.301 bits per heavy atom. The molecule has 17 aromatic rings. The van der Waals surface area contributed by atoms with E-state index in [1.807, 2.05) is 6.07 Å². The minimum Gasteiger partial charge on any atom is -0.293 e.